The number of alkyl halides is 2. The van der Waals surface area contributed by atoms with Crippen molar-refractivity contribution in [2.75, 3.05) is 6.61 Å². The molecular weight excluding hydrogens is 212 g/mol. The molecule has 0 aliphatic heterocycles. The second-order valence-electron chi connectivity index (χ2n) is 2.51. The molecule has 0 heterocycles. The van der Waals surface area contributed by atoms with Crippen molar-refractivity contribution in [2.24, 2.45) is 5.73 Å². The van der Waals surface area contributed by atoms with Gasteiger partial charge in [0.05, 0.1) is 0 Å². The van der Waals surface area contributed by atoms with Crippen molar-refractivity contribution in [3.05, 3.63) is 29.8 Å². The molecule has 1 aromatic rings. The standard InChI is InChI=1S/C9H11F2NO.ClH/c10-9(11)6-13-8-4-2-1-3-7(8)5-12;/h1-4,9H,5-6,12H2;1H. The summed E-state index contributed by atoms with van der Waals surface area (Å²) in [5.74, 6) is 0.435. The van der Waals surface area contributed by atoms with Gasteiger partial charge in [-0.1, -0.05) is 18.2 Å². The van der Waals surface area contributed by atoms with Gasteiger partial charge < -0.3 is 10.5 Å². The quantitative estimate of drug-likeness (QED) is 0.850. The van der Waals surface area contributed by atoms with Crippen LogP contribution in [0.1, 0.15) is 5.56 Å². The van der Waals surface area contributed by atoms with Crippen LogP contribution >= 0.6 is 12.4 Å². The van der Waals surface area contributed by atoms with Crippen molar-refractivity contribution >= 4 is 12.4 Å². The third-order valence-corrected chi connectivity index (χ3v) is 1.56. The molecule has 0 saturated carbocycles. The van der Waals surface area contributed by atoms with Gasteiger partial charge >= 0.3 is 0 Å². The summed E-state index contributed by atoms with van der Waals surface area (Å²) in [7, 11) is 0. The fourth-order valence-electron chi connectivity index (χ4n) is 0.966. The van der Waals surface area contributed by atoms with Crippen molar-refractivity contribution in [3.63, 3.8) is 0 Å². The SMILES string of the molecule is Cl.NCc1ccccc1OCC(F)F. The Balaban J connectivity index is 0.00000169. The van der Waals surface area contributed by atoms with E-state index in [2.05, 4.69) is 0 Å². The van der Waals surface area contributed by atoms with Gasteiger partial charge in [0.25, 0.3) is 6.43 Å². The highest BCUT2D eigenvalue weighted by Crippen LogP contribution is 2.17. The zero-order valence-electron chi connectivity index (χ0n) is 7.45. The van der Waals surface area contributed by atoms with Gasteiger partial charge in [-0.15, -0.1) is 12.4 Å². The smallest absolute Gasteiger partial charge is 0.272 e. The van der Waals surface area contributed by atoms with Crippen LogP contribution in [-0.4, -0.2) is 13.0 Å². The van der Waals surface area contributed by atoms with Crippen LogP contribution in [0.25, 0.3) is 0 Å². The monoisotopic (exact) mass is 223 g/mol. The van der Waals surface area contributed by atoms with E-state index in [0.717, 1.165) is 5.56 Å². The van der Waals surface area contributed by atoms with Gasteiger partial charge in [-0.3, -0.25) is 0 Å². The van der Waals surface area contributed by atoms with Gasteiger partial charge in [0.2, 0.25) is 0 Å². The summed E-state index contributed by atoms with van der Waals surface area (Å²) in [6.45, 7) is -0.295. The van der Waals surface area contributed by atoms with Crippen LogP contribution in [0.2, 0.25) is 0 Å². The third kappa shape index (κ3) is 3.89. The number of para-hydroxylation sites is 1. The minimum atomic E-state index is -2.45. The summed E-state index contributed by atoms with van der Waals surface area (Å²) < 4.78 is 28.5. The Morgan fingerprint density at radius 2 is 1.93 bits per heavy atom. The average molecular weight is 224 g/mol. The van der Waals surface area contributed by atoms with E-state index in [-0.39, 0.29) is 12.4 Å². The zero-order chi connectivity index (χ0) is 9.68. The minimum Gasteiger partial charge on any atom is -0.487 e. The van der Waals surface area contributed by atoms with E-state index in [9.17, 15) is 8.78 Å². The van der Waals surface area contributed by atoms with E-state index in [1.807, 2.05) is 0 Å². The van der Waals surface area contributed by atoms with Gasteiger partial charge in [0.15, 0.2) is 0 Å². The Hall–Kier alpha value is -0.870. The topological polar surface area (TPSA) is 35.2 Å². The van der Waals surface area contributed by atoms with Gasteiger partial charge in [-0.2, -0.15) is 0 Å². The molecule has 0 amide bonds. The second-order valence-corrected chi connectivity index (χ2v) is 2.51. The molecule has 2 N–H and O–H groups in total. The normalized spacial score (nSPS) is 9.71. The minimum absolute atomic E-state index is 0. The Morgan fingerprint density at radius 1 is 1.29 bits per heavy atom. The van der Waals surface area contributed by atoms with Crippen LogP contribution in [0.15, 0.2) is 24.3 Å². The van der Waals surface area contributed by atoms with Crippen LogP contribution in [0.5, 0.6) is 5.75 Å². The summed E-state index contributed by atoms with van der Waals surface area (Å²) in [5.41, 5.74) is 6.13. The molecule has 0 fully saturated rings. The highest BCUT2D eigenvalue weighted by Gasteiger charge is 2.05. The first-order valence-electron chi connectivity index (χ1n) is 3.93. The van der Waals surface area contributed by atoms with Crippen LogP contribution in [0.4, 0.5) is 8.78 Å². The Kier molecular flexibility index (Phi) is 6.16. The molecule has 0 unspecified atom stereocenters. The molecule has 0 atom stereocenters. The fraction of sp³-hybridized carbons (Fsp3) is 0.333. The van der Waals surface area contributed by atoms with E-state index < -0.39 is 13.0 Å². The molecule has 0 radical (unpaired) electrons. The van der Waals surface area contributed by atoms with E-state index >= 15 is 0 Å². The average Bonchev–Trinajstić information content (AvgIpc) is 2.15. The molecule has 1 aromatic carbocycles. The summed E-state index contributed by atoms with van der Waals surface area (Å²) >= 11 is 0. The summed E-state index contributed by atoms with van der Waals surface area (Å²) in [5, 5.41) is 0. The maximum atomic E-state index is 11.8. The van der Waals surface area contributed by atoms with Crippen LogP contribution < -0.4 is 10.5 Å². The summed E-state index contributed by atoms with van der Waals surface area (Å²) in [6, 6.07) is 6.89. The molecule has 0 bridgehead atoms. The predicted molar refractivity (Wildman–Crippen MR) is 53.1 cm³/mol. The lowest BCUT2D eigenvalue weighted by Crippen LogP contribution is -2.09. The molecule has 2 nitrogen and oxygen atoms in total. The Morgan fingerprint density at radius 3 is 2.50 bits per heavy atom. The number of rotatable bonds is 4. The Bertz CT molecular complexity index is 271. The summed E-state index contributed by atoms with van der Waals surface area (Å²) in [6.07, 6.45) is -2.45. The highest BCUT2D eigenvalue weighted by atomic mass is 35.5. The molecule has 0 aromatic heterocycles. The lowest BCUT2D eigenvalue weighted by Gasteiger charge is -2.08. The van der Waals surface area contributed by atoms with Crippen LogP contribution in [0.3, 0.4) is 0 Å². The lowest BCUT2D eigenvalue weighted by molar-refractivity contribution is 0.0814. The maximum Gasteiger partial charge on any atom is 0.272 e. The molecule has 80 valence electrons. The number of benzene rings is 1. The van der Waals surface area contributed by atoms with E-state index in [1.165, 1.54) is 0 Å². The van der Waals surface area contributed by atoms with E-state index in [4.69, 9.17) is 10.5 Å². The number of hydrogen-bond donors (Lipinski definition) is 1. The first kappa shape index (κ1) is 13.1. The van der Waals surface area contributed by atoms with E-state index in [1.54, 1.807) is 24.3 Å². The molecule has 0 saturated heterocycles. The summed E-state index contributed by atoms with van der Waals surface area (Å²) in [4.78, 5) is 0. The fourth-order valence-corrected chi connectivity index (χ4v) is 0.966. The van der Waals surface area contributed by atoms with Crippen molar-refractivity contribution in [1.82, 2.24) is 0 Å². The maximum absolute atomic E-state index is 11.8. The molecule has 5 heteroatoms. The Labute approximate surface area is 87.5 Å². The molecule has 0 spiro atoms. The highest BCUT2D eigenvalue weighted by molar-refractivity contribution is 5.85. The van der Waals surface area contributed by atoms with Crippen molar-refractivity contribution in [3.8, 4) is 5.75 Å². The largest absolute Gasteiger partial charge is 0.487 e. The number of halogens is 3. The number of ether oxygens (including phenoxy) is 1. The molecule has 0 aliphatic rings. The van der Waals surface area contributed by atoms with Crippen LogP contribution in [0, 0.1) is 0 Å². The number of nitrogens with two attached hydrogens (primary N) is 1. The second kappa shape index (κ2) is 6.56. The third-order valence-electron chi connectivity index (χ3n) is 1.56. The van der Waals surface area contributed by atoms with Gasteiger partial charge in [-0.05, 0) is 6.07 Å². The van der Waals surface area contributed by atoms with Crippen molar-refractivity contribution in [1.29, 1.82) is 0 Å². The first-order chi connectivity index (χ1) is 6.24. The van der Waals surface area contributed by atoms with Gasteiger partial charge in [0, 0.05) is 12.1 Å². The zero-order valence-corrected chi connectivity index (χ0v) is 8.27. The predicted octanol–water partition coefficient (Wildman–Crippen LogP) is 2.21. The van der Waals surface area contributed by atoms with Crippen molar-refractivity contribution < 1.29 is 13.5 Å². The van der Waals surface area contributed by atoms with Crippen molar-refractivity contribution in [2.45, 2.75) is 13.0 Å². The van der Waals surface area contributed by atoms with E-state index in [0.29, 0.717) is 12.3 Å². The lowest BCUT2D eigenvalue weighted by atomic mass is 10.2. The first-order valence-corrected chi connectivity index (χ1v) is 3.93. The molecule has 14 heavy (non-hydrogen) atoms. The molecule has 1 rings (SSSR count). The number of hydrogen-bond acceptors (Lipinski definition) is 2. The van der Waals surface area contributed by atoms with Gasteiger partial charge in [-0.25, -0.2) is 8.78 Å². The van der Waals surface area contributed by atoms with Gasteiger partial charge in [0.1, 0.15) is 12.4 Å². The molecule has 0 aliphatic carbocycles. The molecular formula is C9H12ClF2NO. The van der Waals surface area contributed by atoms with Crippen LogP contribution in [-0.2, 0) is 6.54 Å².